The molecule has 1 aliphatic heterocycles. The average Bonchev–Trinajstić information content (AvgIpc) is 2.38. The van der Waals surface area contributed by atoms with E-state index in [4.69, 9.17) is 22.5 Å². The van der Waals surface area contributed by atoms with Gasteiger partial charge >= 0.3 is 0 Å². The molecule has 0 aliphatic carbocycles. The number of hydrogen-bond donors (Lipinski definition) is 2. The molecule has 0 spiro atoms. The number of anilines is 1. The van der Waals surface area contributed by atoms with Crippen molar-refractivity contribution in [1.29, 1.82) is 0 Å². The van der Waals surface area contributed by atoms with Crippen LogP contribution in [0.4, 0.5) is 5.69 Å². The molecule has 3 N–H and O–H groups in total. The molecular weight excluding hydrogens is 262 g/mol. The zero-order chi connectivity index (χ0) is 14.0. The van der Waals surface area contributed by atoms with E-state index in [-0.39, 0.29) is 5.84 Å². The van der Waals surface area contributed by atoms with E-state index in [2.05, 4.69) is 23.9 Å². The van der Waals surface area contributed by atoms with Gasteiger partial charge in [0.1, 0.15) is 0 Å². The summed E-state index contributed by atoms with van der Waals surface area (Å²) in [5.74, 6) is 0.843. The average molecular weight is 282 g/mol. The second-order valence-corrected chi connectivity index (χ2v) is 5.73. The van der Waals surface area contributed by atoms with Crippen LogP contribution in [0.2, 0.25) is 5.02 Å². The molecule has 1 aromatic rings. The van der Waals surface area contributed by atoms with Crippen molar-refractivity contribution in [3.05, 3.63) is 28.8 Å². The van der Waals surface area contributed by atoms with Gasteiger partial charge in [0, 0.05) is 18.2 Å². The van der Waals surface area contributed by atoms with Gasteiger partial charge in [-0.1, -0.05) is 23.7 Å². The van der Waals surface area contributed by atoms with Crippen LogP contribution in [0.15, 0.2) is 23.4 Å². The van der Waals surface area contributed by atoms with E-state index in [0.29, 0.717) is 16.6 Å². The lowest BCUT2D eigenvalue weighted by molar-refractivity contribution is 0.318. The van der Waals surface area contributed by atoms with Crippen molar-refractivity contribution in [1.82, 2.24) is 0 Å². The van der Waals surface area contributed by atoms with Crippen molar-refractivity contribution in [3.8, 4) is 0 Å². The van der Waals surface area contributed by atoms with Gasteiger partial charge in [-0.2, -0.15) is 0 Å². The highest BCUT2D eigenvalue weighted by Gasteiger charge is 2.24. The van der Waals surface area contributed by atoms with E-state index < -0.39 is 0 Å². The maximum atomic E-state index is 8.68. The first kappa shape index (κ1) is 14.0. The predicted octanol–water partition coefficient (Wildman–Crippen LogP) is 3.06. The molecule has 1 aromatic carbocycles. The van der Waals surface area contributed by atoms with Crippen molar-refractivity contribution in [2.45, 2.75) is 32.7 Å². The molecule has 2 atom stereocenters. The lowest BCUT2D eigenvalue weighted by Gasteiger charge is -2.38. The summed E-state index contributed by atoms with van der Waals surface area (Å²) in [6.45, 7) is 5.53. The van der Waals surface area contributed by atoms with Crippen LogP contribution in [-0.2, 0) is 0 Å². The van der Waals surface area contributed by atoms with Crippen molar-refractivity contribution >= 4 is 23.1 Å². The molecule has 19 heavy (non-hydrogen) atoms. The van der Waals surface area contributed by atoms with E-state index in [1.165, 1.54) is 12.8 Å². The highest BCUT2D eigenvalue weighted by atomic mass is 35.5. The second-order valence-electron chi connectivity index (χ2n) is 5.32. The summed E-state index contributed by atoms with van der Waals surface area (Å²) in [6.07, 6.45) is 2.36. The fourth-order valence-corrected chi connectivity index (χ4v) is 3.01. The molecule has 0 aromatic heterocycles. The third kappa shape index (κ3) is 2.95. The number of benzene rings is 1. The quantitative estimate of drug-likeness (QED) is 0.379. The Kier molecular flexibility index (Phi) is 4.20. The number of amidine groups is 1. The molecule has 1 aliphatic rings. The zero-order valence-corrected chi connectivity index (χ0v) is 12.1. The minimum Gasteiger partial charge on any atom is -0.409 e. The van der Waals surface area contributed by atoms with Crippen LogP contribution in [0.1, 0.15) is 32.3 Å². The van der Waals surface area contributed by atoms with Gasteiger partial charge in [-0.3, -0.25) is 0 Å². The highest BCUT2D eigenvalue weighted by Crippen LogP contribution is 2.33. The first-order valence-corrected chi connectivity index (χ1v) is 6.94. The summed E-state index contributed by atoms with van der Waals surface area (Å²) < 4.78 is 0. The first-order chi connectivity index (χ1) is 9.02. The van der Waals surface area contributed by atoms with Gasteiger partial charge in [0.15, 0.2) is 5.84 Å². The van der Waals surface area contributed by atoms with Gasteiger partial charge in [-0.25, -0.2) is 0 Å². The highest BCUT2D eigenvalue weighted by molar-refractivity contribution is 6.33. The van der Waals surface area contributed by atoms with Crippen LogP contribution < -0.4 is 10.6 Å². The summed E-state index contributed by atoms with van der Waals surface area (Å²) in [7, 11) is 0. The van der Waals surface area contributed by atoms with Crippen molar-refractivity contribution < 1.29 is 5.21 Å². The van der Waals surface area contributed by atoms with Crippen molar-refractivity contribution in [2.24, 2.45) is 16.8 Å². The Morgan fingerprint density at radius 3 is 2.79 bits per heavy atom. The molecule has 0 saturated carbocycles. The summed E-state index contributed by atoms with van der Waals surface area (Å²) in [5, 5.41) is 12.3. The number of nitrogens with zero attached hydrogens (tertiary/aromatic N) is 2. The summed E-state index contributed by atoms with van der Waals surface area (Å²) in [6, 6.07) is 6.01. The lowest BCUT2D eigenvalue weighted by atomic mass is 9.93. The molecule has 2 rings (SSSR count). The maximum absolute atomic E-state index is 8.68. The van der Waals surface area contributed by atoms with Crippen LogP contribution >= 0.6 is 11.6 Å². The molecule has 0 bridgehead atoms. The Balaban J connectivity index is 2.26. The molecule has 5 heteroatoms. The van der Waals surface area contributed by atoms with Crippen LogP contribution in [0.5, 0.6) is 0 Å². The molecule has 0 amide bonds. The minimum atomic E-state index is 0.0776. The van der Waals surface area contributed by atoms with Crippen LogP contribution in [-0.4, -0.2) is 23.6 Å². The number of hydrogen-bond acceptors (Lipinski definition) is 3. The van der Waals surface area contributed by atoms with Crippen molar-refractivity contribution in [3.63, 3.8) is 0 Å². The van der Waals surface area contributed by atoms with Gasteiger partial charge in [0.2, 0.25) is 0 Å². The molecular formula is C14H20ClN3O. The number of oxime groups is 1. The Morgan fingerprint density at radius 2 is 2.21 bits per heavy atom. The smallest absolute Gasteiger partial charge is 0.170 e. The number of nitrogens with two attached hydrogens (primary N) is 1. The van der Waals surface area contributed by atoms with Crippen LogP contribution in [0.3, 0.4) is 0 Å². The molecule has 1 saturated heterocycles. The molecule has 1 heterocycles. The minimum absolute atomic E-state index is 0.0776. The van der Waals surface area contributed by atoms with E-state index in [1.807, 2.05) is 12.1 Å². The van der Waals surface area contributed by atoms with E-state index in [9.17, 15) is 0 Å². The fourth-order valence-electron chi connectivity index (χ4n) is 2.72. The summed E-state index contributed by atoms with van der Waals surface area (Å²) in [5.41, 5.74) is 7.22. The monoisotopic (exact) mass is 281 g/mol. The maximum Gasteiger partial charge on any atom is 0.170 e. The zero-order valence-electron chi connectivity index (χ0n) is 11.3. The number of halogens is 1. The largest absolute Gasteiger partial charge is 0.409 e. The van der Waals surface area contributed by atoms with Gasteiger partial charge in [0.25, 0.3) is 0 Å². The van der Waals surface area contributed by atoms with Gasteiger partial charge in [0.05, 0.1) is 10.7 Å². The van der Waals surface area contributed by atoms with Gasteiger partial charge < -0.3 is 15.8 Å². The fraction of sp³-hybridized carbons (Fsp3) is 0.500. The SMILES string of the molecule is CC1CCN(c2ccc(C(N)=NO)cc2Cl)C(C)C1. The number of piperidine rings is 1. The lowest BCUT2D eigenvalue weighted by Crippen LogP contribution is -2.40. The molecule has 1 fully saturated rings. The number of rotatable bonds is 2. The van der Waals surface area contributed by atoms with Crippen LogP contribution in [0.25, 0.3) is 0 Å². The molecule has 0 radical (unpaired) electrons. The predicted molar refractivity (Wildman–Crippen MR) is 79.2 cm³/mol. The van der Waals surface area contributed by atoms with E-state index in [0.717, 1.165) is 18.2 Å². The Morgan fingerprint density at radius 1 is 1.47 bits per heavy atom. The summed E-state index contributed by atoms with van der Waals surface area (Å²) in [4.78, 5) is 2.33. The normalized spacial score (nSPS) is 24.6. The molecule has 2 unspecified atom stereocenters. The van der Waals surface area contributed by atoms with Gasteiger partial charge in [-0.05, 0) is 43.9 Å². The van der Waals surface area contributed by atoms with Gasteiger partial charge in [-0.15, -0.1) is 0 Å². The van der Waals surface area contributed by atoms with E-state index in [1.54, 1.807) is 6.07 Å². The third-order valence-electron chi connectivity index (χ3n) is 3.80. The summed E-state index contributed by atoms with van der Waals surface area (Å²) >= 11 is 6.33. The van der Waals surface area contributed by atoms with Crippen LogP contribution in [0, 0.1) is 5.92 Å². The third-order valence-corrected chi connectivity index (χ3v) is 4.10. The first-order valence-electron chi connectivity index (χ1n) is 6.57. The topological polar surface area (TPSA) is 61.8 Å². The van der Waals surface area contributed by atoms with Crippen molar-refractivity contribution in [2.75, 3.05) is 11.4 Å². The van der Waals surface area contributed by atoms with E-state index >= 15 is 0 Å². The molecule has 104 valence electrons. The molecule has 4 nitrogen and oxygen atoms in total. The Hall–Kier alpha value is -1.42. The second kappa shape index (κ2) is 5.70. The Labute approximate surface area is 118 Å². The Bertz CT molecular complexity index is 490. The standard InChI is InChI=1S/C14H20ClN3O/c1-9-5-6-18(10(2)7-9)13-4-3-11(8-12(13)15)14(16)17-19/h3-4,8-10,19H,5-7H2,1-2H3,(H2,16,17).